The van der Waals surface area contributed by atoms with Crippen molar-refractivity contribution in [3.05, 3.63) is 41.6 Å². The third-order valence-electron chi connectivity index (χ3n) is 3.42. The second-order valence-corrected chi connectivity index (χ2v) is 6.60. The van der Waals surface area contributed by atoms with Crippen molar-refractivity contribution in [1.29, 1.82) is 0 Å². The van der Waals surface area contributed by atoms with E-state index in [0.717, 1.165) is 23.0 Å². The van der Waals surface area contributed by atoms with E-state index in [4.69, 9.17) is 4.74 Å². The first-order valence-electron chi connectivity index (χ1n) is 6.27. The highest BCUT2D eigenvalue weighted by Crippen LogP contribution is 2.34. The number of halogens is 2. The van der Waals surface area contributed by atoms with E-state index in [-0.39, 0.29) is 23.8 Å². The average molecular weight is 330 g/mol. The molecule has 7 nitrogen and oxygen atoms in total. The minimum atomic E-state index is -4.07. The number of nitrogens with one attached hydrogen (secondary N) is 1. The van der Waals surface area contributed by atoms with Gasteiger partial charge in [0.15, 0.2) is 5.03 Å². The lowest BCUT2D eigenvalue weighted by Crippen LogP contribution is -2.60. The minimum absolute atomic E-state index is 0.171. The van der Waals surface area contributed by atoms with Crippen molar-refractivity contribution in [2.45, 2.75) is 10.6 Å². The molecule has 10 heteroatoms. The molecule has 0 unspecified atom stereocenters. The van der Waals surface area contributed by atoms with Crippen molar-refractivity contribution >= 4 is 10.0 Å². The number of hydrogen-bond acceptors (Lipinski definition) is 5. The Morgan fingerprint density at radius 1 is 1.32 bits per heavy atom. The first-order valence-corrected chi connectivity index (χ1v) is 7.75. The monoisotopic (exact) mass is 330 g/mol. The summed E-state index contributed by atoms with van der Waals surface area (Å²) in [4.78, 5) is 0. The van der Waals surface area contributed by atoms with Gasteiger partial charge in [-0.05, 0) is 12.1 Å². The Morgan fingerprint density at radius 2 is 1.95 bits per heavy atom. The molecule has 1 aliphatic rings. The fourth-order valence-corrected chi connectivity index (χ4v) is 3.76. The molecule has 1 aliphatic heterocycles. The lowest BCUT2D eigenvalue weighted by molar-refractivity contribution is -0.0697. The summed E-state index contributed by atoms with van der Waals surface area (Å²) in [6.45, 7) is -0.343. The molecular weight excluding hydrogens is 318 g/mol. The van der Waals surface area contributed by atoms with Gasteiger partial charge in [0.1, 0.15) is 17.2 Å². The molecule has 0 radical (unpaired) electrons. The molecule has 0 aliphatic carbocycles. The number of aryl methyl sites for hydroxylation is 1. The summed E-state index contributed by atoms with van der Waals surface area (Å²) in [7, 11) is -2.68. The van der Waals surface area contributed by atoms with E-state index in [1.807, 2.05) is 0 Å². The maximum atomic E-state index is 14.0. The van der Waals surface area contributed by atoms with Gasteiger partial charge in [-0.25, -0.2) is 21.9 Å². The fourth-order valence-electron chi connectivity index (χ4n) is 2.35. The van der Waals surface area contributed by atoms with Crippen LogP contribution in [0.2, 0.25) is 0 Å². The van der Waals surface area contributed by atoms with Gasteiger partial charge in [0.05, 0.1) is 19.4 Å². The predicted octanol–water partition coefficient (Wildman–Crippen LogP) is 0.297. The van der Waals surface area contributed by atoms with Crippen LogP contribution in [0.15, 0.2) is 29.4 Å². The van der Waals surface area contributed by atoms with Gasteiger partial charge in [0, 0.05) is 12.6 Å². The average Bonchev–Trinajstić information content (AvgIpc) is 2.82. The van der Waals surface area contributed by atoms with Gasteiger partial charge in [-0.15, -0.1) is 5.10 Å². The van der Waals surface area contributed by atoms with Gasteiger partial charge in [0.25, 0.3) is 10.0 Å². The Labute approximate surface area is 124 Å². The number of aromatic nitrogens is 3. The number of benzene rings is 1. The van der Waals surface area contributed by atoms with E-state index in [0.29, 0.717) is 0 Å². The van der Waals surface area contributed by atoms with Crippen LogP contribution < -0.4 is 4.72 Å². The molecule has 0 saturated carbocycles. The lowest BCUT2D eigenvalue weighted by Gasteiger charge is -2.42. The molecule has 0 bridgehead atoms. The number of sulfonamides is 1. The van der Waals surface area contributed by atoms with Crippen LogP contribution in [0.1, 0.15) is 5.56 Å². The van der Waals surface area contributed by atoms with Crippen LogP contribution in [-0.4, -0.2) is 36.6 Å². The quantitative estimate of drug-likeness (QED) is 0.871. The zero-order valence-corrected chi connectivity index (χ0v) is 12.3. The van der Waals surface area contributed by atoms with Crippen LogP contribution in [-0.2, 0) is 27.3 Å². The molecule has 0 atom stereocenters. The summed E-state index contributed by atoms with van der Waals surface area (Å²) in [5.74, 6) is -1.68. The molecule has 2 heterocycles. The molecule has 1 aromatic carbocycles. The first kappa shape index (κ1) is 15.0. The predicted molar refractivity (Wildman–Crippen MR) is 70.2 cm³/mol. The van der Waals surface area contributed by atoms with Crippen LogP contribution in [0.5, 0.6) is 0 Å². The Morgan fingerprint density at radius 3 is 2.41 bits per heavy atom. The van der Waals surface area contributed by atoms with E-state index < -0.39 is 27.2 Å². The van der Waals surface area contributed by atoms with Crippen molar-refractivity contribution in [2.75, 3.05) is 13.2 Å². The summed E-state index contributed by atoms with van der Waals surface area (Å²) in [6.07, 6.45) is 1.05. The van der Waals surface area contributed by atoms with Gasteiger partial charge >= 0.3 is 0 Å². The van der Waals surface area contributed by atoms with Gasteiger partial charge in [0.2, 0.25) is 0 Å². The number of hydrogen-bond donors (Lipinski definition) is 1. The highest BCUT2D eigenvalue weighted by Gasteiger charge is 2.48. The van der Waals surface area contributed by atoms with Gasteiger partial charge in [-0.1, -0.05) is 11.3 Å². The maximum absolute atomic E-state index is 14.0. The summed E-state index contributed by atoms with van der Waals surface area (Å²) in [6, 6.07) is 3.34. The van der Waals surface area contributed by atoms with Crippen LogP contribution in [0, 0.1) is 11.6 Å². The fraction of sp³-hybridized carbons (Fsp3) is 0.333. The minimum Gasteiger partial charge on any atom is -0.377 e. The second-order valence-electron chi connectivity index (χ2n) is 4.97. The molecule has 2 aromatic rings. The third kappa shape index (κ3) is 2.28. The number of rotatable bonds is 4. The molecule has 118 valence electrons. The highest BCUT2D eigenvalue weighted by atomic mass is 32.2. The van der Waals surface area contributed by atoms with Gasteiger partial charge in [-0.3, -0.25) is 0 Å². The SMILES string of the molecule is Cn1nncc1S(=O)(=O)NC1(c2c(F)cccc2F)COC1. The Hall–Kier alpha value is -1.91. The Kier molecular flexibility index (Phi) is 3.46. The standard InChI is InChI=1S/C12H12F2N4O3S/c1-18-10(5-15-17-18)22(19,20)16-12(6-21-7-12)11-8(13)3-2-4-9(11)14/h2-5,16H,6-7H2,1H3. The molecular formula is C12H12F2N4O3S. The van der Waals surface area contributed by atoms with Crippen LogP contribution >= 0.6 is 0 Å². The largest absolute Gasteiger partial charge is 0.377 e. The second kappa shape index (κ2) is 5.07. The van der Waals surface area contributed by atoms with Gasteiger partial charge in [-0.2, -0.15) is 4.72 Å². The number of ether oxygens (including phenoxy) is 1. The molecule has 0 spiro atoms. The Balaban J connectivity index is 2.04. The van der Waals surface area contributed by atoms with Crippen LogP contribution in [0.4, 0.5) is 8.78 Å². The van der Waals surface area contributed by atoms with Crippen molar-refractivity contribution in [3.8, 4) is 0 Å². The van der Waals surface area contributed by atoms with Gasteiger partial charge < -0.3 is 4.74 Å². The van der Waals surface area contributed by atoms with E-state index >= 15 is 0 Å². The van der Waals surface area contributed by atoms with E-state index in [1.54, 1.807) is 0 Å². The molecule has 1 N–H and O–H groups in total. The van der Waals surface area contributed by atoms with E-state index in [1.165, 1.54) is 13.1 Å². The zero-order valence-electron chi connectivity index (χ0n) is 11.5. The molecule has 3 rings (SSSR count). The molecule has 1 aromatic heterocycles. The normalized spacial score (nSPS) is 17.2. The topological polar surface area (TPSA) is 86.1 Å². The molecule has 22 heavy (non-hydrogen) atoms. The molecule has 0 amide bonds. The summed E-state index contributed by atoms with van der Waals surface area (Å²) in [5, 5.41) is 6.80. The van der Waals surface area contributed by atoms with E-state index in [2.05, 4.69) is 15.0 Å². The van der Waals surface area contributed by atoms with Crippen LogP contribution in [0.3, 0.4) is 0 Å². The summed E-state index contributed by atoms with van der Waals surface area (Å²) < 4.78 is 61.2. The first-order chi connectivity index (χ1) is 10.4. The van der Waals surface area contributed by atoms with Crippen molar-refractivity contribution in [2.24, 2.45) is 7.05 Å². The smallest absolute Gasteiger partial charge is 0.260 e. The maximum Gasteiger partial charge on any atom is 0.260 e. The summed E-state index contributed by atoms with van der Waals surface area (Å²) >= 11 is 0. The van der Waals surface area contributed by atoms with Crippen LogP contribution in [0.25, 0.3) is 0 Å². The van der Waals surface area contributed by atoms with E-state index in [9.17, 15) is 17.2 Å². The zero-order chi connectivity index (χ0) is 16.0. The Bertz CT molecular complexity index is 797. The van der Waals surface area contributed by atoms with Crippen molar-refractivity contribution in [3.63, 3.8) is 0 Å². The van der Waals surface area contributed by atoms with Crippen molar-refractivity contribution < 1.29 is 21.9 Å². The van der Waals surface area contributed by atoms with Crippen molar-refractivity contribution in [1.82, 2.24) is 19.7 Å². The molecule has 1 fully saturated rings. The number of nitrogens with zero attached hydrogens (tertiary/aromatic N) is 3. The third-order valence-corrected chi connectivity index (χ3v) is 5.00. The highest BCUT2D eigenvalue weighted by molar-refractivity contribution is 7.89. The molecule has 1 saturated heterocycles. The summed E-state index contributed by atoms with van der Waals surface area (Å²) in [5.41, 5.74) is -1.85. The lowest BCUT2D eigenvalue weighted by atomic mass is 9.88.